The molecule has 7 aromatic carbocycles. The average molecular weight is 1310 g/mol. The molecule has 9 rings (SSSR count). The lowest BCUT2D eigenvalue weighted by molar-refractivity contribution is 0.159. The monoisotopic (exact) mass is 1300 g/mol. The molecule has 97 heavy (non-hydrogen) atoms. The van der Waals surface area contributed by atoms with Gasteiger partial charge in [0.1, 0.15) is 12.0 Å². The van der Waals surface area contributed by atoms with E-state index >= 15 is 24.0 Å². The zero-order valence-electron chi connectivity index (χ0n) is 55.2. The summed E-state index contributed by atoms with van der Waals surface area (Å²) in [5, 5.41) is 5.47. The van der Waals surface area contributed by atoms with Crippen molar-refractivity contribution in [1.29, 1.82) is 0 Å². The van der Waals surface area contributed by atoms with Gasteiger partial charge in [0.15, 0.2) is 0 Å². The number of aryl methyl sites for hydroxylation is 7. The third kappa shape index (κ3) is 15.6. The molecule has 0 saturated carbocycles. The quantitative estimate of drug-likeness (QED) is 0.0537. The zero-order valence-corrected chi connectivity index (χ0v) is 55.2. The van der Waals surface area contributed by atoms with Gasteiger partial charge in [-0.3, -0.25) is 10.6 Å². The van der Waals surface area contributed by atoms with E-state index in [4.69, 9.17) is 9.47 Å². The Morgan fingerprint density at radius 3 is 1.01 bits per heavy atom. The first-order valence-corrected chi connectivity index (χ1v) is 30.7. The van der Waals surface area contributed by atoms with Crippen LogP contribution < -0.4 is 44.8 Å². The molecule has 26 heteroatoms. The number of unbranched alkanes of at least 4 members (excludes halogenated alkanes) is 2. The molecule has 0 aliphatic heterocycles. The summed E-state index contributed by atoms with van der Waals surface area (Å²) in [6.07, 6.45) is 1.87. The molecule has 492 valence electrons. The van der Waals surface area contributed by atoms with Gasteiger partial charge in [-0.15, -0.1) is 0 Å². The molecule has 0 radical (unpaired) electrons. The van der Waals surface area contributed by atoms with Crippen LogP contribution in [0, 0.1) is 48.5 Å². The molecule has 0 unspecified atom stereocenters. The summed E-state index contributed by atoms with van der Waals surface area (Å²) in [5.41, 5.74) is -0.981. The van der Waals surface area contributed by atoms with Crippen LogP contribution >= 0.6 is 0 Å². The number of carbonyl (C=O) groups is 2. The molecule has 26 nitrogen and oxygen atoms in total. The Bertz CT molecular complexity index is 5000. The van der Waals surface area contributed by atoms with Crippen LogP contribution in [-0.2, 0) is 9.47 Å². The van der Waals surface area contributed by atoms with Crippen molar-refractivity contribution in [2.24, 2.45) is 39.9 Å². The van der Waals surface area contributed by atoms with E-state index < -0.39 is 46.3 Å². The van der Waals surface area contributed by atoms with Crippen molar-refractivity contribution in [2.45, 2.75) is 88.0 Å². The summed E-state index contributed by atoms with van der Waals surface area (Å²) >= 11 is 0. The van der Waals surface area contributed by atoms with Crippen LogP contribution in [0.3, 0.4) is 0 Å². The van der Waals surface area contributed by atoms with Gasteiger partial charge in [-0.05, 0) is 185 Å². The van der Waals surface area contributed by atoms with Crippen LogP contribution in [-0.4, -0.2) is 90.9 Å². The van der Waals surface area contributed by atoms with E-state index in [1.165, 1.54) is 68.7 Å². The average Bonchev–Trinajstić information content (AvgIpc) is 0.739. The molecule has 0 saturated heterocycles. The minimum atomic E-state index is -1.18. The fraction of sp³-hybridized carbons (Fsp3) is 0.239. The second-order valence-electron chi connectivity index (χ2n) is 22.3. The van der Waals surface area contributed by atoms with E-state index in [-0.39, 0.29) is 64.3 Å². The first kappa shape index (κ1) is 68.8. The van der Waals surface area contributed by atoms with E-state index in [1.54, 1.807) is 107 Å². The van der Waals surface area contributed by atoms with Gasteiger partial charge in [-0.1, -0.05) is 69.2 Å². The van der Waals surface area contributed by atoms with Gasteiger partial charge < -0.3 is 9.47 Å². The molecule has 2 heterocycles. The number of amides is 2. The first-order chi connectivity index (χ1) is 46.7. The van der Waals surface area contributed by atoms with Gasteiger partial charge in [0.25, 0.3) is 0 Å². The van der Waals surface area contributed by atoms with E-state index in [1.807, 2.05) is 27.7 Å². The highest BCUT2D eigenvalue weighted by Gasteiger charge is 2.26. The second-order valence-corrected chi connectivity index (χ2v) is 22.3. The predicted molar refractivity (Wildman–Crippen MR) is 375 cm³/mol. The minimum absolute atomic E-state index is 0.000202. The van der Waals surface area contributed by atoms with Crippen LogP contribution in [0.5, 0.6) is 0 Å². The number of aliphatic imine (C=N–C) groups is 8. The van der Waals surface area contributed by atoms with Crippen molar-refractivity contribution in [1.82, 2.24) is 27.4 Å². The lowest BCUT2D eigenvalue weighted by Gasteiger charge is -2.19. The number of benzene rings is 7. The Balaban J connectivity index is 1.26. The summed E-state index contributed by atoms with van der Waals surface area (Å²) in [4.78, 5) is 151. The highest BCUT2D eigenvalue weighted by Crippen LogP contribution is 2.28. The SMILES string of the molecule is CCCCOC(=O)Nc1cc(N=C=Nc2ccc(C)c(-n3c(=O)n(-c4cc(N=C=Nc5ccc(C)c(NC(=O)OCCCC)c5)ccc4C)c(=O)n(-c4cc(-n5c(=O)n(-c6ccc(C)c(N=C=NC)c6)c(=O)n(-c6ccc(C)c(N=C=NC)c6)c5=O)ccc4C)c3=O)c2)ccc1C. The lowest BCUT2D eigenvalue weighted by atomic mass is 10.1. The van der Waals surface area contributed by atoms with Gasteiger partial charge in [-0.25, -0.2) is 75.7 Å². The van der Waals surface area contributed by atoms with Gasteiger partial charge in [0.2, 0.25) is 0 Å². The van der Waals surface area contributed by atoms with Gasteiger partial charge in [0.05, 0.1) is 93.5 Å². The molecule has 0 atom stereocenters. The van der Waals surface area contributed by atoms with Gasteiger partial charge in [-0.2, -0.15) is 30.0 Å². The Morgan fingerprint density at radius 1 is 0.361 bits per heavy atom. The zero-order chi connectivity index (χ0) is 69.6. The maximum Gasteiger partial charge on any atom is 0.411 e. The highest BCUT2D eigenvalue weighted by molar-refractivity contribution is 5.87. The molecule has 2 N–H and O–H groups in total. The van der Waals surface area contributed by atoms with Gasteiger partial charge in [0, 0.05) is 25.5 Å². The van der Waals surface area contributed by atoms with Crippen molar-refractivity contribution in [3.8, 4) is 34.1 Å². The number of hydrogen-bond acceptors (Lipinski definition) is 18. The van der Waals surface area contributed by atoms with Gasteiger partial charge >= 0.3 is 46.3 Å². The van der Waals surface area contributed by atoms with Crippen LogP contribution in [0.15, 0.2) is 196 Å². The van der Waals surface area contributed by atoms with E-state index in [2.05, 4.69) is 74.6 Å². The van der Waals surface area contributed by atoms with Crippen LogP contribution in [0.2, 0.25) is 0 Å². The number of aromatic nitrogens is 6. The molecule has 0 spiro atoms. The Morgan fingerprint density at radius 2 is 0.660 bits per heavy atom. The lowest BCUT2D eigenvalue weighted by Crippen LogP contribution is -2.53. The highest BCUT2D eigenvalue weighted by atomic mass is 16.6. The first-order valence-electron chi connectivity index (χ1n) is 30.7. The number of anilines is 2. The molecular weight excluding hydrogens is 1240 g/mol. The predicted octanol–water partition coefficient (Wildman–Crippen LogP) is 12.6. The maximum absolute atomic E-state index is 15.7. The van der Waals surface area contributed by atoms with E-state index in [0.717, 1.165) is 46.8 Å². The number of rotatable bonds is 20. The van der Waals surface area contributed by atoms with Crippen molar-refractivity contribution in [3.63, 3.8) is 0 Å². The standard InChI is InChI=1S/C71H68N16O10/c1-12-14-30-96-64(88)80-59-32-50(23-16-45(59)5)74-41-76-52-25-18-47(7)61(34-52)85-69(93)86(62-35-53(26-19-48(62)8)77-42-75-51-24-17-46(6)60(33-51)81-65(89)97-31-15-13-2)71(95)87(70(85)94)63-38-56(29-22-49(63)9)84-67(91)82(54-27-20-43(3)57(36-54)78-39-72-10)66(90)83(68(84)92)55-28-21-44(4)58(37-55)79-40-73-11/h16-29,32-38H,12-15,30-31H2,1-11H3,(H,80,88)(H,81,89). The fourth-order valence-electron chi connectivity index (χ4n) is 9.91. The Hall–Kier alpha value is -12.6. The summed E-state index contributed by atoms with van der Waals surface area (Å²) in [6, 6.07) is 43.1. The molecular formula is C71H68N16O10. The minimum Gasteiger partial charge on any atom is -0.449 e. The Labute approximate surface area is 555 Å². The number of nitrogens with one attached hydrogen (secondary N) is 2. The number of nitrogens with zero attached hydrogens (tertiary/aromatic N) is 14. The van der Waals surface area contributed by atoms with Crippen molar-refractivity contribution < 1.29 is 19.1 Å². The third-order valence-corrected chi connectivity index (χ3v) is 15.4. The number of carbonyl (C=O) groups excluding carboxylic acids is 2. The van der Waals surface area contributed by atoms with E-state index in [0.29, 0.717) is 73.8 Å². The normalized spacial score (nSPS) is 10.6. The van der Waals surface area contributed by atoms with Crippen molar-refractivity contribution in [2.75, 3.05) is 37.9 Å². The molecule has 2 aromatic heterocycles. The van der Waals surface area contributed by atoms with Crippen molar-refractivity contribution in [3.05, 3.63) is 229 Å². The maximum atomic E-state index is 15.7. The largest absolute Gasteiger partial charge is 0.449 e. The topological polar surface area (TPSA) is 308 Å². The summed E-state index contributed by atoms with van der Waals surface area (Å²) in [6.45, 7) is 16.5. The summed E-state index contributed by atoms with van der Waals surface area (Å²) < 4.78 is 15.1. The van der Waals surface area contributed by atoms with E-state index in [9.17, 15) is 14.4 Å². The molecule has 2 amide bonds. The second kappa shape index (κ2) is 30.9. The summed E-state index contributed by atoms with van der Waals surface area (Å²) in [5.74, 6) is 0. The molecule has 0 bridgehead atoms. The Kier molecular flexibility index (Phi) is 21.9. The van der Waals surface area contributed by atoms with Crippen LogP contribution in [0.1, 0.15) is 78.5 Å². The smallest absolute Gasteiger partial charge is 0.411 e. The molecule has 0 fully saturated rings. The third-order valence-electron chi connectivity index (χ3n) is 15.4. The van der Waals surface area contributed by atoms with Crippen LogP contribution in [0.4, 0.5) is 55.1 Å². The van der Waals surface area contributed by atoms with Crippen LogP contribution in [0.25, 0.3) is 34.1 Å². The fourth-order valence-corrected chi connectivity index (χ4v) is 9.91. The molecule has 9 aromatic rings. The molecule has 0 aliphatic carbocycles. The number of hydrogen-bond donors (Lipinski definition) is 2. The number of ether oxygens (including phenoxy) is 2. The summed E-state index contributed by atoms with van der Waals surface area (Å²) in [7, 11) is 2.95. The van der Waals surface area contributed by atoms with Crippen molar-refractivity contribution >= 4 is 81.7 Å². The molecule has 0 aliphatic rings.